The zero-order valence-electron chi connectivity index (χ0n) is 14.1. The number of rotatable bonds is 5. The quantitative estimate of drug-likeness (QED) is 0.769. The molecule has 0 aromatic heterocycles. The van der Waals surface area contributed by atoms with Crippen LogP contribution >= 0.6 is 0 Å². The highest BCUT2D eigenvalue weighted by Crippen LogP contribution is 2.28. The van der Waals surface area contributed by atoms with Crippen LogP contribution in [0.3, 0.4) is 0 Å². The van der Waals surface area contributed by atoms with E-state index in [1.165, 1.54) is 29.2 Å². The Morgan fingerprint density at radius 1 is 1.46 bits per heavy atom. The van der Waals surface area contributed by atoms with Gasteiger partial charge in [0, 0.05) is 13.5 Å². The predicted octanol–water partition coefficient (Wildman–Crippen LogP) is 0.509. The zero-order valence-corrected chi connectivity index (χ0v) is 14.1. The van der Waals surface area contributed by atoms with Gasteiger partial charge in [-0.1, -0.05) is 0 Å². The van der Waals surface area contributed by atoms with Crippen LogP contribution in [0.25, 0.3) is 0 Å². The first kappa shape index (κ1) is 17.6. The summed E-state index contributed by atoms with van der Waals surface area (Å²) >= 11 is 0. The Kier molecular flexibility index (Phi) is 5.01. The molecule has 9 nitrogen and oxygen atoms in total. The van der Waals surface area contributed by atoms with Crippen molar-refractivity contribution in [2.45, 2.75) is 13.0 Å². The van der Waals surface area contributed by atoms with E-state index in [1.54, 1.807) is 17.0 Å². The van der Waals surface area contributed by atoms with Gasteiger partial charge in [-0.15, -0.1) is 0 Å². The lowest BCUT2D eigenvalue weighted by Gasteiger charge is -2.27. The van der Waals surface area contributed by atoms with E-state index >= 15 is 0 Å². The highest BCUT2D eigenvalue weighted by Gasteiger charge is 2.33. The monoisotopic (exact) mass is 363 g/mol. The molecule has 1 N–H and O–H groups in total. The third-order valence-electron chi connectivity index (χ3n) is 4.04. The average Bonchev–Trinajstić information content (AvgIpc) is 3.01. The molecule has 1 aromatic carbocycles. The second-order valence-electron chi connectivity index (χ2n) is 5.88. The Morgan fingerprint density at radius 2 is 2.27 bits per heavy atom. The lowest BCUT2D eigenvalue weighted by molar-refractivity contribution is -0.119. The number of anilines is 2. The number of nitrogens with one attached hydrogen (secondary N) is 1. The average molecular weight is 363 g/mol. The van der Waals surface area contributed by atoms with Gasteiger partial charge in [-0.3, -0.25) is 14.5 Å². The minimum atomic E-state index is -0.589. The molecular formula is C16H18FN5O4. The largest absolute Gasteiger partial charge is 0.442 e. The number of nitrogens with zero attached hydrogens (tertiary/aromatic N) is 4. The van der Waals surface area contributed by atoms with Gasteiger partial charge in [-0.25, -0.2) is 14.2 Å². The molecule has 3 rings (SSSR count). The van der Waals surface area contributed by atoms with Crippen LogP contribution in [0.5, 0.6) is 0 Å². The van der Waals surface area contributed by atoms with Crippen molar-refractivity contribution in [3.63, 3.8) is 0 Å². The summed E-state index contributed by atoms with van der Waals surface area (Å²) < 4.78 is 19.7. The molecule has 26 heavy (non-hydrogen) atoms. The molecule has 0 unspecified atom stereocenters. The van der Waals surface area contributed by atoms with E-state index in [0.29, 0.717) is 30.9 Å². The van der Waals surface area contributed by atoms with Gasteiger partial charge in [0.1, 0.15) is 18.3 Å². The number of ether oxygens (including phenoxy) is 1. The maximum atomic E-state index is 14.5. The number of carbonyl (C=O) groups excluding carboxylic acids is 3. The van der Waals surface area contributed by atoms with E-state index in [2.05, 4.69) is 10.4 Å². The third-order valence-corrected chi connectivity index (χ3v) is 4.04. The molecule has 1 fully saturated rings. The number of hydrazone groups is 1. The first-order valence-corrected chi connectivity index (χ1v) is 8.02. The van der Waals surface area contributed by atoms with Gasteiger partial charge in [0.15, 0.2) is 0 Å². The zero-order chi connectivity index (χ0) is 18.7. The number of hydrogen-bond donors (Lipinski definition) is 1. The van der Waals surface area contributed by atoms with E-state index in [0.717, 1.165) is 0 Å². The number of cyclic esters (lactones) is 1. The highest BCUT2D eigenvalue weighted by atomic mass is 19.1. The molecule has 1 saturated heterocycles. The van der Waals surface area contributed by atoms with Crippen molar-refractivity contribution < 1.29 is 23.5 Å². The van der Waals surface area contributed by atoms with Gasteiger partial charge >= 0.3 is 6.09 Å². The lowest BCUT2D eigenvalue weighted by Crippen LogP contribution is -2.37. The van der Waals surface area contributed by atoms with E-state index in [9.17, 15) is 18.8 Å². The molecule has 2 aliphatic heterocycles. The second kappa shape index (κ2) is 7.38. The van der Waals surface area contributed by atoms with Crippen molar-refractivity contribution in [1.29, 1.82) is 0 Å². The third kappa shape index (κ3) is 3.73. The summed E-state index contributed by atoms with van der Waals surface area (Å²) in [5.74, 6) is -0.738. The molecule has 10 heteroatoms. The van der Waals surface area contributed by atoms with E-state index in [-0.39, 0.29) is 19.0 Å². The number of hydrogen-bond acceptors (Lipinski definition) is 6. The van der Waals surface area contributed by atoms with Crippen molar-refractivity contribution in [2.75, 3.05) is 36.0 Å². The molecule has 0 radical (unpaired) electrons. The fourth-order valence-electron chi connectivity index (χ4n) is 2.71. The van der Waals surface area contributed by atoms with Crippen molar-refractivity contribution in [1.82, 2.24) is 10.3 Å². The minimum Gasteiger partial charge on any atom is -0.442 e. The van der Waals surface area contributed by atoms with Gasteiger partial charge < -0.3 is 15.0 Å². The summed E-state index contributed by atoms with van der Waals surface area (Å²) in [5.41, 5.74) is 0.662. The number of benzene rings is 1. The molecule has 2 heterocycles. The van der Waals surface area contributed by atoms with E-state index < -0.39 is 18.0 Å². The van der Waals surface area contributed by atoms with Crippen LogP contribution in [0.1, 0.15) is 6.92 Å². The van der Waals surface area contributed by atoms with Gasteiger partial charge in [0.2, 0.25) is 12.3 Å². The Balaban J connectivity index is 1.70. The lowest BCUT2D eigenvalue weighted by atomic mass is 10.2. The normalized spacial score (nSPS) is 19.5. The van der Waals surface area contributed by atoms with Crippen molar-refractivity contribution in [3.8, 4) is 0 Å². The van der Waals surface area contributed by atoms with Crippen LogP contribution in [-0.4, -0.2) is 62.0 Å². The summed E-state index contributed by atoms with van der Waals surface area (Å²) in [5, 5.41) is 7.69. The molecular weight excluding hydrogens is 345 g/mol. The number of halogens is 1. The van der Waals surface area contributed by atoms with E-state index in [4.69, 9.17) is 4.74 Å². The van der Waals surface area contributed by atoms with Crippen LogP contribution in [0, 0.1) is 5.82 Å². The van der Waals surface area contributed by atoms with Crippen molar-refractivity contribution >= 4 is 36.1 Å². The van der Waals surface area contributed by atoms with E-state index in [1.807, 2.05) is 0 Å². The summed E-state index contributed by atoms with van der Waals surface area (Å²) in [6, 6.07) is 4.40. The molecule has 0 bridgehead atoms. The molecule has 3 amide bonds. The molecule has 1 aromatic rings. The smallest absolute Gasteiger partial charge is 0.414 e. The molecule has 0 spiro atoms. The molecule has 1 atom stereocenters. The standard InChI is InChI=1S/C16H18FN5O4/c1-11(24)18-7-13-8-22(16(25)26-13)12-2-3-15(14(17)6-12)20-4-5-21(10-23)19-9-20/h2-3,6,9-10,13H,4-5,7-8H2,1H3,(H,18,24)/t13-/m0/s1. The Morgan fingerprint density at radius 3 is 2.88 bits per heavy atom. The fraction of sp³-hybridized carbons (Fsp3) is 0.375. The molecule has 2 aliphatic rings. The minimum absolute atomic E-state index is 0.204. The Hall–Kier alpha value is -3.17. The number of amides is 3. The highest BCUT2D eigenvalue weighted by molar-refractivity contribution is 5.90. The summed E-state index contributed by atoms with van der Waals surface area (Å²) in [7, 11) is 0. The maximum Gasteiger partial charge on any atom is 0.414 e. The van der Waals surface area contributed by atoms with Crippen LogP contribution in [-0.2, 0) is 14.3 Å². The first-order chi connectivity index (χ1) is 12.5. The Labute approximate surface area is 149 Å². The predicted molar refractivity (Wildman–Crippen MR) is 91.3 cm³/mol. The second-order valence-corrected chi connectivity index (χ2v) is 5.88. The molecule has 0 aliphatic carbocycles. The van der Waals surface area contributed by atoms with Gasteiger partial charge in [0.25, 0.3) is 0 Å². The topological polar surface area (TPSA) is 94.5 Å². The van der Waals surface area contributed by atoms with Gasteiger partial charge in [0.05, 0.1) is 31.0 Å². The van der Waals surface area contributed by atoms with Gasteiger partial charge in [-0.2, -0.15) is 5.10 Å². The SMILES string of the molecule is CC(=O)NC[C@H]1CN(c2ccc(N3C=NN(C=O)CC3)c(F)c2)C(=O)O1. The number of carbonyl (C=O) groups is 3. The summed E-state index contributed by atoms with van der Waals surface area (Å²) in [6.45, 7) is 2.56. The maximum absolute atomic E-state index is 14.5. The van der Waals surface area contributed by atoms with Crippen LogP contribution in [0.2, 0.25) is 0 Å². The Bertz CT molecular complexity index is 756. The summed E-state index contributed by atoms with van der Waals surface area (Å²) in [4.78, 5) is 36.5. The first-order valence-electron chi connectivity index (χ1n) is 8.02. The fourth-order valence-corrected chi connectivity index (χ4v) is 2.71. The van der Waals surface area contributed by atoms with Crippen LogP contribution in [0.4, 0.5) is 20.6 Å². The van der Waals surface area contributed by atoms with Crippen LogP contribution < -0.4 is 15.1 Å². The van der Waals surface area contributed by atoms with Crippen molar-refractivity contribution in [2.24, 2.45) is 5.10 Å². The van der Waals surface area contributed by atoms with Gasteiger partial charge in [-0.05, 0) is 18.2 Å². The molecule has 138 valence electrons. The molecule has 0 saturated carbocycles. The van der Waals surface area contributed by atoms with Crippen LogP contribution in [0.15, 0.2) is 23.3 Å². The summed E-state index contributed by atoms with van der Waals surface area (Å²) in [6.07, 6.45) is 0.902. The van der Waals surface area contributed by atoms with Crippen molar-refractivity contribution in [3.05, 3.63) is 24.0 Å².